The van der Waals surface area contributed by atoms with E-state index in [4.69, 9.17) is 4.52 Å². The molecule has 1 saturated heterocycles. The number of rotatable bonds is 8. The van der Waals surface area contributed by atoms with Gasteiger partial charge in [0.2, 0.25) is 5.76 Å². The maximum absolute atomic E-state index is 12.1. The van der Waals surface area contributed by atoms with Crippen molar-refractivity contribution in [3.05, 3.63) is 22.2 Å². The number of carbonyl (C=O) groups excluding carboxylic acids is 1. The first-order valence-corrected chi connectivity index (χ1v) is 9.24. The Hall–Kier alpha value is -0.920. The maximum atomic E-state index is 12.1. The van der Waals surface area contributed by atoms with Crippen LogP contribution in [0.5, 0.6) is 0 Å². The molecule has 0 unspecified atom stereocenters. The standard InChI is InChI=1S/C15H25N3O3S.ClH/c1-3-5-11-9-18(6-4-7-22-2)10-12(11)16-15(20)13-8-14(19)17-21-13;/h8,11-12H,3-7,9-10H2,1-2H3,(H,16,20)(H,17,19);1H/t11-,12-;/m0./s1. The molecule has 2 N–H and O–H groups in total. The molecule has 1 fully saturated rings. The molecule has 2 rings (SSSR count). The molecule has 2 heterocycles. The van der Waals surface area contributed by atoms with E-state index in [9.17, 15) is 9.59 Å². The molecule has 0 aromatic carbocycles. The zero-order chi connectivity index (χ0) is 15.9. The Morgan fingerprint density at radius 3 is 2.91 bits per heavy atom. The highest BCUT2D eigenvalue weighted by Crippen LogP contribution is 2.22. The lowest BCUT2D eigenvalue weighted by atomic mass is 9.98. The summed E-state index contributed by atoms with van der Waals surface area (Å²) in [6.07, 6.45) is 5.50. The molecule has 1 aromatic heterocycles. The van der Waals surface area contributed by atoms with E-state index >= 15 is 0 Å². The summed E-state index contributed by atoms with van der Waals surface area (Å²) < 4.78 is 4.87. The normalized spacial score (nSPS) is 21.1. The summed E-state index contributed by atoms with van der Waals surface area (Å²) in [7, 11) is 0. The van der Waals surface area contributed by atoms with Crippen molar-refractivity contribution in [3.8, 4) is 0 Å². The molecule has 0 spiro atoms. The van der Waals surface area contributed by atoms with Crippen molar-refractivity contribution >= 4 is 30.1 Å². The van der Waals surface area contributed by atoms with Crippen LogP contribution in [0.1, 0.15) is 36.7 Å². The van der Waals surface area contributed by atoms with Crippen LogP contribution in [0.3, 0.4) is 0 Å². The molecular weight excluding hydrogens is 338 g/mol. The Bertz CT molecular complexity index is 534. The Kier molecular flexibility index (Phi) is 8.79. The van der Waals surface area contributed by atoms with Gasteiger partial charge >= 0.3 is 0 Å². The number of nitrogens with one attached hydrogen (secondary N) is 2. The van der Waals surface area contributed by atoms with Crippen LogP contribution >= 0.6 is 24.2 Å². The van der Waals surface area contributed by atoms with Crippen LogP contribution < -0.4 is 10.9 Å². The van der Waals surface area contributed by atoms with E-state index in [1.54, 1.807) is 0 Å². The highest BCUT2D eigenvalue weighted by molar-refractivity contribution is 7.98. The minimum atomic E-state index is -0.389. The fraction of sp³-hybridized carbons (Fsp3) is 0.733. The van der Waals surface area contributed by atoms with Gasteiger partial charge in [0.05, 0.1) is 6.07 Å². The number of H-pyrrole nitrogens is 1. The van der Waals surface area contributed by atoms with Gasteiger partial charge in [-0.05, 0) is 37.3 Å². The number of hydrogen-bond donors (Lipinski definition) is 2. The van der Waals surface area contributed by atoms with Crippen LogP contribution in [0.25, 0.3) is 0 Å². The molecule has 6 nitrogen and oxygen atoms in total. The fourth-order valence-electron chi connectivity index (χ4n) is 3.04. The number of aromatic nitrogens is 1. The SMILES string of the molecule is CCC[C@H]1CN(CCCSC)C[C@@H]1NC(=O)c1cc(=O)[nH]o1.Cl. The van der Waals surface area contributed by atoms with Gasteiger partial charge in [-0.1, -0.05) is 13.3 Å². The van der Waals surface area contributed by atoms with Crippen LogP contribution in [0, 0.1) is 5.92 Å². The molecule has 23 heavy (non-hydrogen) atoms. The lowest BCUT2D eigenvalue weighted by Gasteiger charge is -2.18. The van der Waals surface area contributed by atoms with E-state index in [0.717, 1.165) is 32.5 Å². The number of hydrogen-bond acceptors (Lipinski definition) is 5. The summed E-state index contributed by atoms with van der Waals surface area (Å²) in [5.74, 6) is 1.38. The molecule has 0 aliphatic carbocycles. The van der Waals surface area contributed by atoms with E-state index in [2.05, 4.69) is 28.6 Å². The van der Waals surface area contributed by atoms with Crippen molar-refractivity contribution in [2.75, 3.05) is 31.6 Å². The predicted molar refractivity (Wildman–Crippen MR) is 95.7 cm³/mol. The monoisotopic (exact) mass is 363 g/mol. The van der Waals surface area contributed by atoms with E-state index in [0.29, 0.717) is 5.92 Å². The number of thioether (sulfide) groups is 1. The van der Waals surface area contributed by atoms with Crippen LogP contribution in [-0.4, -0.2) is 53.6 Å². The van der Waals surface area contributed by atoms with Gasteiger partial charge < -0.3 is 14.7 Å². The average Bonchev–Trinajstić information content (AvgIpc) is 3.07. The third-order valence-electron chi connectivity index (χ3n) is 4.06. The fourth-order valence-corrected chi connectivity index (χ4v) is 3.45. The Morgan fingerprint density at radius 1 is 1.52 bits per heavy atom. The number of halogens is 1. The lowest BCUT2D eigenvalue weighted by molar-refractivity contribution is 0.0891. The molecule has 0 radical (unpaired) electrons. The third-order valence-corrected chi connectivity index (χ3v) is 4.76. The Balaban J connectivity index is 0.00000264. The zero-order valence-electron chi connectivity index (χ0n) is 13.7. The first-order valence-electron chi connectivity index (χ1n) is 7.84. The number of aromatic amines is 1. The van der Waals surface area contributed by atoms with Crippen molar-refractivity contribution in [3.63, 3.8) is 0 Å². The van der Waals surface area contributed by atoms with Crippen LogP contribution in [0.4, 0.5) is 0 Å². The van der Waals surface area contributed by atoms with Gasteiger partial charge in [0, 0.05) is 19.1 Å². The van der Waals surface area contributed by atoms with Gasteiger partial charge in [-0.15, -0.1) is 12.4 Å². The van der Waals surface area contributed by atoms with Gasteiger partial charge in [-0.2, -0.15) is 16.9 Å². The van der Waals surface area contributed by atoms with Crippen molar-refractivity contribution < 1.29 is 9.32 Å². The number of nitrogens with zero attached hydrogens (tertiary/aromatic N) is 1. The Labute approximate surface area is 147 Å². The quantitative estimate of drug-likeness (QED) is 0.690. The minimum Gasteiger partial charge on any atom is -0.373 e. The van der Waals surface area contributed by atoms with Crippen LogP contribution in [-0.2, 0) is 0 Å². The average molecular weight is 364 g/mol. The summed E-state index contributed by atoms with van der Waals surface area (Å²) in [5, 5.41) is 5.18. The molecule has 0 bridgehead atoms. The Morgan fingerprint density at radius 2 is 2.30 bits per heavy atom. The van der Waals surface area contributed by atoms with E-state index in [1.807, 2.05) is 11.8 Å². The van der Waals surface area contributed by atoms with E-state index in [-0.39, 0.29) is 35.7 Å². The smallest absolute Gasteiger partial charge is 0.290 e. The molecule has 8 heteroatoms. The summed E-state index contributed by atoms with van der Waals surface area (Å²) >= 11 is 1.87. The molecule has 132 valence electrons. The van der Waals surface area contributed by atoms with Crippen molar-refractivity contribution in [1.29, 1.82) is 0 Å². The van der Waals surface area contributed by atoms with Crippen LogP contribution in [0.15, 0.2) is 15.4 Å². The maximum Gasteiger partial charge on any atom is 0.290 e. The molecule has 1 aromatic rings. The second kappa shape index (κ2) is 10.1. The lowest BCUT2D eigenvalue weighted by Crippen LogP contribution is -2.40. The molecule has 1 aliphatic heterocycles. The second-order valence-corrected chi connectivity index (χ2v) is 6.80. The second-order valence-electron chi connectivity index (χ2n) is 5.81. The minimum absolute atomic E-state index is 0. The summed E-state index contributed by atoms with van der Waals surface area (Å²) in [5.41, 5.74) is -0.389. The summed E-state index contributed by atoms with van der Waals surface area (Å²) in [6.45, 7) is 5.15. The highest BCUT2D eigenvalue weighted by Gasteiger charge is 2.33. The molecule has 1 amide bonds. The van der Waals surface area contributed by atoms with Gasteiger partial charge in [0.25, 0.3) is 11.5 Å². The predicted octanol–water partition coefficient (Wildman–Crippen LogP) is 1.97. The van der Waals surface area contributed by atoms with Crippen molar-refractivity contribution in [1.82, 2.24) is 15.4 Å². The molecule has 1 aliphatic rings. The first kappa shape index (κ1) is 20.1. The van der Waals surface area contributed by atoms with E-state index < -0.39 is 0 Å². The topological polar surface area (TPSA) is 78.3 Å². The van der Waals surface area contributed by atoms with Gasteiger partial charge in [0.15, 0.2) is 0 Å². The largest absolute Gasteiger partial charge is 0.373 e. The number of likely N-dealkylation sites (tertiary alicyclic amines) is 1. The highest BCUT2D eigenvalue weighted by atomic mass is 35.5. The molecule has 2 atom stereocenters. The van der Waals surface area contributed by atoms with E-state index in [1.165, 1.54) is 18.2 Å². The number of amides is 1. The molecular formula is C15H26ClN3O3S. The van der Waals surface area contributed by atoms with Gasteiger partial charge in [0.1, 0.15) is 0 Å². The number of carbonyl (C=O) groups is 1. The zero-order valence-corrected chi connectivity index (χ0v) is 15.3. The third kappa shape index (κ3) is 5.90. The van der Waals surface area contributed by atoms with Gasteiger partial charge in [-0.3, -0.25) is 9.59 Å². The van der Waals surface area contributed by atoms with Crippen molar-refractivity contribution in [2.24, 2.45) is 5.92 Å². The van der Waals surface area contributed by atoms with Crippen LogP contribution in [0.2, 0.25) is 0 Å². The summed E-state index contributed by atoms with van der Waals surface area (Å²) in [4.78, 5) is 25.6. The summed E-state index contributed by atoms with van der Waals surface area (Å²) in [6, 6.07) is 1.32. The molecule has 0 saturated carbocycles. The van der Waals surface area contributed by atoms with Gasteiger partial charge in [-0.25, -0.2) is 0 Å². The first-order chi connectivity index (χ1) is 10.6. The van der Waals surface area contributed by atoms with Crippen molar-refractivity contribution in [2.45, 2.75) is 32.2 Å².